The van der Waals surface area contributed by atoms with Gasteiger partial charge in [0.25, 0.3) is 0 Å². The van der Waals surface area contributed by atoms with Gasteiger partial charge in [0.15, 0.2) is 0 Å². The third-order valence-electron chi connectivity index (χ3n) is 4.90. The van der Waals surface area contributed by atoms with E-state index >= 15 is 0 Å². The van der Waals surface area contributed by atoms with E-state index in [-0.39, 0.29) is 11.4 Å². The van der Waals surface area contributed by atoms with Crippen molar-refractivity contribution in [3.63, 3.8) is 0 Å². The van der Waals surface area contributed by atoms with E-state index in [9.17, 15) is 4.79 Å². The molecule has 3 nitrogen and oxygen atoms in total. The molecule has 110 valence electrons. The predicted molar refractivity (Wildman–Crippen MR) is 79.2 cm³/mol. The second-order valence-electron chi connectivity index (χ2n) is 6.36. The van der Waals surface area contributed by atoms with E-state index in [0.717, 1.165) is 13.0 Å². The maximum absolute atomic E-state index is 11.8. The van der Waals surface area contributed by atoms with Crippen LogP contribution in [-0.2, 0) is 4.79 Å². The number of carbonyl (C=O) groups excluding carboxylic acids is 1. The van der Waals surface area contributed by atoms with Crippen molar-refractivity contribution in [2.45, 2.75) is 76.7 Å². The van der Waals surface area contributed by atoms with E-state index in [0.29, 0.717) is 6.42 Å². The molecule has 0 aromatic carbocycles. The highest BCUT2D eigenvalue weighted by molar-refractivity contribution is 5.75. The average molecular weight is 266 g/mol. The van der Waals surface area contributed by atoms with Gasteiger partial charge in [-0.25, -0.2) is 0 Å². The zero-order valence-electron chi connectivity index (χ0n) is 12.5. The quantitative estimate of drug-likeness (QED) is 0.829. The Morgan fingerprint density at radius 2 is 1.68 bits per heavy atom. The fraction of sp³-hybridized carbons (Fsp3) is 0.938. The van der Waals surface area contributed by atoms with E-state index in [1.54, 1.807) is 0 Å². The number of amides is 1. The lowest BCUT2D eigenvalue weighted by atomic mass is 9.79. The van der Waals surface area contributed by atoms with Crippen LogP contribution in [0, 0.1) is 0 Å². The van der Waals surface area contributed by atoms with Crippen LogP contribution in [0.1, 0.15) is 71.1 Å². The monoisotopic (exact) mass is 266 g/mol. The van der Waals surface area contributed by atoms with Crippen LogP contribution < -0.4 is 5.32 Å². The molecule has 0 radical (unpaired) electrons. The van der Waals surface area contributed by atoms with Gasteiger partial charge >= 0.3 is 0 Å². The molecule has 1 N–H and O–H groups in total. The van der Waals surface area contributed by atoms with E-state index in [1.165, 1.54) is 64.5 Å². The number of piperidine rings is 1. The Morgan fingerprint density at radius 1 is 1.05 bits per heavy atom. The van der Waals surface area contributed by atoms with E-state index < -0.39 is 0 Å². The van der Waals surface area contributed by atoms with Crippen molar-refractivity contribution >= 4 is 5.91 Å². The summed E-state index contributed by atoms with van der Waals surface area (Å²) in [5, 5.41) is 3.21. The van der Waals surface area contributed by atoms with Crippen molar-refractivity contribution in [3.05, 3.63) is 0 Å². The van der Waals surface area contributed by atoms with Crippen LogP contribution in [0.4, 0.5) is 0 Å². The lowest BCUT2D eigenvalue weighted by Crippen LogP contribution is -2.58. The minimum Gasteiger partial charge on any atom is -0.354 e. The fourth-order valence-electron chi connectivity index (χ4n) is 3.76. The highest BCUT2D eigenvalue weighted by Crippen LogP contribution is 2.35. The van der Waals surface area contributed by atoms with E-state index in [4.69, 9.17) is 0 Å². The summed E-state index contributed by atoms with van der Waals surface area (Å²) in [6.07, 6.45) is 12.3. The summed E-state index contributed by atoms with van der Waals surface area (Å²) in [5.41, 5.74) is 0.280. The Bertz CT molecular complexity index is 278. The zero-order valence-corrected chi connectivity index (χ0v) is 12.5. The lowest BCUT2D eigenvalue weighted by Gasteiger charge is -2.48. The molecule has 2 rings (SSSR count). The zero-order chi connectivity index (χ0) is 13.6. The molecule has 1 amide bonds. The molecule has 1 aliphatic carbocycles. The van der Waals surface area contributed by atoms with Crippen LogP contribution in [-0.4, -0.2) is 36.0 Å². The number of rotatable bonds is 5. The van der Waals surface area contributed by atoms with Gasteiger partial charge in [-0.2, -0.15) is 0 Å². The number of hydrogen-bond donors (Lipinski definition) is 1. The van der Waals surface area contributed by atoms with Crippen LogP contribution in [0.2, 0.25) is 0 Å². The average Bonchev–Trinajstić information content (AvgIpc) is 2.47. The normalized spacial score (nSPS) is 24.1. The van der Waals surface area contributed by atoms with Gasteiger partial charge in [-0.05, 0) is 45.2 Å². The predicted octanol–water partition coefficient (Wildman–Crippen LogP) is 3.09. The summed E-state index contributed by atoms with van der Waals surface area (Å²) < 4.78 is 0. The van der Waals surface area contributed by atoms with Gasteiger partial charge in [-0.3, -0.25) is 9.69 Å². The molecule has 0 unspecified atom stereocenters. The van der Waals surface area contributed by atoms with Crippen molar-refractivity contribution in [2.24, 2.45) is 0 Å². The molecule has 1 saturated heterocycles. The van der Waals surface area contributed by atoms with Crippen molar-refractivity contribution < 1.29 is 4.79 Å². The van der Waals surface area contributed by atoms with Gasteiger partial charge in [-0.15, -0.1) is 0 Å². The first kappa shape index (κ1) is 14.8. The molecular weight excluding hydrogens is 236 g/mol. The molecule has 0 aromatic rings. The summed E-state index contributed by atoms with van der Waals surface area (Å²) in [4.78, 5) is 14.5. The maximum atomic E-state index is 11.8. The first-order valence-corrected chi connectivity index (χ1v) is 8.29. The van der Waals surface area contributed by atoms with Crippen LogP contribution in [0.25, 0.3) is 0 Å². The number of carbonyl (C=O) groups is 1. The molecule has 0 atom stereocenters. The third kappa shape index (κ3) is 3.95. The Labute approximate surface area is 118 Å². The molecule has 2 aliphatic rings. The summed E-state index contributed by atoms with van der Waals surface area (Å²) >= 11 is 0. The minimum atomic E-state index is 0.240. The van der Waals surface area contributed by atoms with Gasteiger partial charge in [0.2, 0.25) is 5.91 Å². The van der Waals surface area contributed by atoms with Crippen LogP contribution in [0.3, 0.4) is 0 Å². The molecule has 1 heterocycles. The summed E-state index contributed by atoms with van der Waals surface area (Å²) in [5.74, 6) is 0.240. The molecule has 3 heteroatoms. The number of likely N-dealkylation sites (tertiary alicyclic amines) is 1. The third-order valence-corrected chi connectivity index (χ3v) is 4.90. The minimum absolute atomic E-state index is 0.240. The Morgan fingerprint density at radius 3 is 2.32 bits per heavy atom. The highest BCUT2D eigenvalue weighted by atomic mass is 16.1. The van der Waals surface area contributed by atoms with Crippen molar-refractivity contribution in [2.75, 3.05) is 19.6 Å². The largest absolute Gasteiger partial charge is 0.354 e. The first-order valence-electron chi connectivity index (χ1n) is 8.29. The second-order valence-corrected chi connectivity index (χ2v) is 6.36. The van der Waals surface area contributed by atoms with Crippen LogP contribution in [0.5, 0.6) is 0 Å². The number of nitrogens with zero attached hydrogens (tertiary/aromatic N) is 1. The SMILES string of the molecule is CCCC(=O)NCC1(N2CCCCC2)CCCCC1. The smallest absolute Gasteiger partial charge is 0.220 e. The summed E-state index contributed by atoms with van der Waals surface area (Å²) in [7, 11) is 0. The Hall–Kier alpha value is -0.570. The molecule has 0 bridgehead atoms. The van der Waals surface area contributed by atoms with Crippen LogP contribution >= 0.6 is 0 Å². The number of nitrogens with one attached hydrogen (secondary N) is 1. The number of hydrogen-bond acceptors (Lipinski definition) is 2. The van der Waals surface area contributed by atoms with Crippen molar-refractivity contribution in [1.29, 1.82) is 0 Å². The fourth-order valence-corrected chi connectivity index (χ4v) is 3.76. The molecule has 0 aromatic heterocycles. The summed E-state index contributed by atoms with van der Waals surface area (Å²) in [6.45, 7) is 5.43. The van der Waals surface area contributed by atoms with Crippen molar-refractivity contribution in [1.82, 2.24) is 10.2 Å². The van der Waals surface area contributed by atoms with E-state index in [2.05, 4.69) is 17.1 Å². The maximum Gasteiger partial charge on any atom is 0.220 e. The molecule has 1 aliphatic heterocycles. The molecule has 0 spiro atoms. The van der Waals surface area contributed by atoms with E-state index in [1.807, 2.05) is 0 Å². The standard InChI is InChI=1S/C16H30N2O/c1-2-9-15(19)17-14-16(10-5-3-6-11-16)18-12-7-4-8-13-18/h2-14H2,1H3,(H,17,19). The highest BCUT2D eigenvalue weighted by Gasteiger charge is 2.38. The second kappa shape index (κ2) is 7.28. The van der Waals surface area contributed by atoms with Gasteiger partial charge in [-0.1, -0.05) is 32.6 Å². The lowest BCUT2D eigenvalue weighted by molar-refractivity contribution is -0.122. The van der Waals surface area contributed by atoms with Crippen LogP contribution in [0.15, 0.2) is 0 Å². The van der Waals surface area contributed by atoms with Crippen molar-refractivity contribution in [3.8, 4) is 0 Å². The Balaban J connectivity index is 1.95. The molecule has 1 saturated carbocycles. The molecular formula is C16H30N2O. The Kier molecular flexibility index (Phi) is 5.68. The van der Waals surface area contributed by atoms with Gasteiger partial charge in [0.05, 0.1) is 0 Å². The topological polar surface area (TPSA) is 32.3 Å². The van der Waals surface area contributed by atoms with Gasteiger partial charge in [0.1, 0.15) is 0 Å². The van der Waals surface area contributed by atoms with Gasteiger partial charge < -0.3 is 5.32 Å². The summed E-state index contributed by atoms with van der Waals surface area (Å²) in [6, 6.07) is 0. The molecule has 2 fully saturated rings. The molecule has 19 heavy (non-hydrogen) atoms. The first-order chi connectivity index (χ1) is 9.27. The van der Waals surface area contributed by atoms with Gasteiger partial charge in [0, 0.05) is 18.5 Å².